The Labute approximate surface area is 64.3 Å². The molecule has 2 N–H and O–H groups in total. The van der Waals surface area contributed by atoms with Crippen molar-refractivity contribution in [1.82, 2.24) is 0 Å². The summed E-state index contributed by atoms with van der Waals surface area (Å²) in [5.74, 6) is -0.375. The molecule has 0 unspecified atom stereocenters. The Morgan fingerprint density at radius 1 is 1.44 bits per heavy atom. The largest absolute Gasteiger partial charge is 2.00 e. The maximum absolute atomic E-state index is 9.98. The van der Waals surface area contributed by atoms with E-state index in [1.807, 2.05) is 0 Å². The van der Waals surface area contributed by atoms with E-state index in [0.29, 0.717) is 0 Å². The second-order valence-corrected chi connectivity index (χ2v) is 1.37. The fourth-order valence-electron chi connectivity index (χ4n) is 0.286. The summed E-state index contributed by atoms with van der Waals surface area (Å²) in [6.07, 6.45) is 1.06. The molecule has 0 aromatic carbocycles. The molecule has 0 aliphatic rings. The van der Waals surface area contributed by atoms with E-state index in [1.54, 1.807) is 0 Å². The molecule has 1 radical (unpaired) electrons. The summed E-state index contributed by atoms with van der Waals surface area (Å²) in [6.45, 7) is 2.70. The molecule has 0 amide bonds. The molecule has 0 spiro atoms. The molecule has 0 heterocycles. The summed E-state index contributed by atoms with van der Waals surface area (Å²) in [4.78, 5) is 9.98. The fraction of sp³-hybridized carbons (Fsp3) is 0.400. The van der Waals surface area contributed by atoms with Gasteiger partial charge in [-0.1, -0.05) is 6.92 Å². The standard InChI is InChI=1S/C5H8O2.Co.H2O/c1-4(6)3-5(2)7;;/h3,6H,1-2H3;;1H2/q;+2;/p-1/b4-3-;;. The molecule has 0 aromatic rings. The van der Waals surface area contributed by atoms with Crippen molar-refractivity contribution in [2.45, 2.75) is 13.8 Å². The number of allylic oxidation sites excluding steroid dienone is 2. The predicted molar refractivity (Wildman–Crippen MR) is 28.1 cm³/mol. The molecule has 9 heavy (non-hydrogen) atoms. The zero-order valence-corrected chi connectivity index (χ0v) is 6.27. The molecule has 0 fully saturated rings. The third-order valence-corrected chi connectivity index (χ3v) is 0.407. The van der Waals surface area contributed by atoms with Crippen LogP contribution in [0.3, 0.4) is 0 Å². The van der Waals surface area contributed by atoms with Crippen molar-refractivity contribution >= 4 is 5.78 Å². The van der Waals surface area contributed by atoms with E-state index < -0.39 is 0 Å². The molecule has 0 bridgehead atoms. The van der Waals surface area contributed by atoms with Crippen LogP contribution >= 0.6 is 0 Å². The van der Waals surface area contributed by atoms with Gasteiger partial charge in [-0.15, -0.1) is 5.76 Å². The van der Waals surface area contributed by atoms with Gasteiger partial charge in [0.2, 0.25) is 0 Å². The van der Waals surface area contributed by atoms with Crippen LogP contribution in [0.1, 0.15) is 13.8 Å². The van der Waals surface area contributed by atoms with Gasteiger partial charge in [-0.05, 0) is 13.0 Å². The monoisotopic (exact) mass is 176 g/mol. The van der Waals surface area contributed by atoms with Gasteiger partial charge in [-0.3, -0.25) is 4.79 Å². The number of rotatable bonds is 1. The zero-order chi connectivity index (χ0) is 5.86. The van der Waals surface area contributed by atoms with Gasteiger partial charge in [-0.2, -0.15) is 0 Å². The van der Waals surface area contributed by atoms with Crippen molar-refractivity contribution in [2.75, 3.05) is 0 Å². The first-order chi connectivity index (χ1) is 3.13. The van der Waals surface area contributed by atoms with Gasteiger partial charge >= 0.3 is 16.8 Å². The van der Waals surface area contributed by atoms with Crippen molar-refractivity contribution in [3.63, 3.8) is 0 Å². The molecular weight excluding hydrogens is 167 g/mol. The van der Waals surface area contributed by atoms with Crippen LogP contribution in [0.15, 0.2) is 11.8 Å². The van der Waals surface area contributed by atoms with E-state index in [2.05, 4.69) is 0 Å². The molecular formula is C5H9CoO3+. The Hall–Kier alpha value is -0.324. The molecule has 0 aromatic heterocycles. The minimum absolute atomic E-state index is 0. The summed E-state index contributed by atoms with van der Waals surface area (Å²) >= 11 is 0. The summed E-state index contributed by atoms with van der Waals surface area (Å²) in [6, 6.07) is 0. The Morgan fingerprint density at radius 2 is 1.78 bits per heavy atom. The average molecular weight is 176 g/mol. The first kappa shape index (κ1) is 15.9. The third-order valence-electron chi connectivity index (χ3n) is 0.407. The van der Waals surface area contributed by atoms with Crippen LogP contribution in [0, 0.1) is 0 Å². The van der Waals surface area contributed by atoms with E-state index in [9.17, 15) is 9.90 Å². The Kier molecular flexibility index (Phi) is 13.5. The van der Waals surface area contributed by atoms with Gasteiger partial charge in [0, 0.05) is 0 Å². The summed E-state index contributed by atoms with van der Waals surface area (Å²) in [5, 5.41) is 9.98. The first-order valence-corrected chi connectivity index (χ1v) is 1.99. The van der Waals surface area contributed by atoms with E-state index in [1.165, 1.54) is 13.8 Å². The quantitative estimate of drug-likeness (QED) is 0.380. The molecule has 0 saturated heterocycles. The minimum atomic E-state index is -0.187. The topological polar surface area (TPSA) is 71.6 Å². The van der Waals surface area contributed by atoms with Gasteiger partial charge < -0.3 is 10.6 Å². The average Bonchev–Trinajstić information content (AvgIpc) is 1.27. The van der Waals surface area contributed by atoms with Crippen LogP contribution in [0.2, 0.25) is 0 Å². The van der Waals surface area contributed by atoms with Crippen molar-refractivity contribution in [3.8, 4) is 0 Å². The number of carbonyl (C=O) groups excluding carboxylic acids is 1. The van der Waals surface area contributed by atoms with Crippen molar-refractivity contribution in [1.29, 1.82) is 0 Å². The predicted octanol–water partition coefficient (Wildman–Crippen LogP) is -0.988. The number of hydrogen-bond donors (Lipinski definition) is 0. The van der Waals surface area contributed by atoms with Crippen molar-refractivity contribution in [2.24, 2.45) is 0 Å². The van der Waals surface area contributed by atoms with E-state index in [0.717, 1.165) is 6.08 Å². The van der Waals surface area contributed by atoms with Crippen LogP contribution in [-0.2, 0) is 21.6 Å². The van der Waals surface area contributed by atoms with Crippen molar-refractivity contribution in [3.05, 3.63) is 11.8 Å². The second-order valence-electron chi connectivity index (χ2n) is 1.37. The van der Waals surface area contributed by atoms with Crippen LogP contribution in [0.25, 0.3) is 0 Å². The van der Waals surface area contributed by atoms with Crippen LogP contribution in [0.4, 0.5) is 0 Å². The van der Waals surface area contributed by atoms with Crippen LogP contribution in [-0.4, -0.2) is 11.3 Å². The summed E-state index contributed by atoms with van der Waals surface area (Å²) in [5.41, 5.74) is 0. The molecule has 55 valence electrons. The SMILES string of the molecule is CC(=O)/C=C(/C)[O-].O.[Co+2]. The summed E-state index contributed by atoms with van der Waals surface area (Å²) in [7, 11) is 0. The number of hydrogen-bond acceptors (Lipinski definition) is 2. The van der Waals surface area contributed by atoms with E-state index in [-0.39, 0.29) is 33.8 Å². The van der Waals surface area contributed by atoms with Gasteiger partial charge in [0.1, 0.15) is 0 Å². The van der Waals surface area contributed by atoms with Gasteiger partial charge in [0.15, 0.2) is 5.78 Å². The maximum atomic E-state index is 9.98. The number of ketones is 1. The smallest absolute Gasteiger partial charge is 0.876 e. The minimum Gasteiger partial charge on any atom is -0.876 e. The first-order valence-electron chi connectivity index (χ1n) is 1.99. The Morgan fingerprint density at radius 3 is 1.78 bits per heavy atom. The molecule has 0 saturated carbocycles. The summed E-state index contributed by atoms with van der Waals surface area (Å²) < 4.78 is 0. The maximum Gasteiger partial charge on any atom is 2.00 e. The van der Waals surface area contributed by atoms with Crippen LogP contribution < -0.4 is 5.11 Å². The Bertz CT molecular complexity index is 105. The van der Waals surface area contributed by atoms with Gasteiger partial charge in [0.05, 0.1) is 0 Å². The van der Waals surface area contributed by atoms with Gasteiger partial charge in [-0.25, -0.2) is 0 Å². The molecule has 3 nitrogen and oxygen atoms in total. The Balaban J connectivity index is -0.000000180. The van der Waals surface area contributed by atoms with E-state index in [4.69, 9.17) is 0 Å². The molecule has 0 rings (SSSR count). The molecule has 0 aliphatic carbocycles. The zero-order valence-electron chi connectivity index (χ0n) is 5.23. The molecule has 0 aliphatic heterocycles. The third kappa shape index (κ3) is 18.3. The fourth-order valence-corrected chi connectivity index (χ4v) is 0.286. The van der Waals surface area contributed by atoms with Crippen LogP contribution in [0.5, 0.6) is 0 Å². The van der Waals surface area contributed by atoms with Gasteiger partial charge in [0.25, 0.3) is 0 Å². The van der Waals surface area contributed by atoms with E-state index >= 15 is 0 Å². The molecule has 4 heteroatoms. The number of carbonyl (C=O) groups is 1. The normalized spacial score (nSPS) is 8.89. The molecule has 0 atom stereocenters. The van der Waals surface area contributed by atoms with Crippen molar-refractivity contribution < 1.29 is 32.2 Å². The second kappa shape index (κ2) is 7.68.